The summed E-state index contributed by atoms with van der Waals surface area (Å²) in [7, 11) is 0. The molecule has 1 rings (SSSR count). The first-order chi connectivity index (χ1) is 8.06. The molecule has 0 saturated heterocycles. The first-order valence-electron chi connectivity index (χ1n) is 6.12. The van der Waals surface area contributed by atoms with Gasteiger partial charge in [-0.15, -0.1) is 11.3 Å². The normalized spacial score (nSPS) is 11.7. The molecule has 0 aliphatic carbocycles. The van der Waals surface area contributed by atoms with Crippen molar-refractivity contribution in [2.24, 2.45) is 0 Å². The third-order valence-corrected chi connectivity index (χ3v) is 4.51. The van der Waals surface area contributed by atoms with Crippen LogP contribution in [0.4, 0.5) is 0 Å². The average Bonchev–Trinajstić information content (AvgIpc) is 2.81. The Kier molecular flexibility index (Phi) is 5.15. The van der Waals surface area contributed by atoms with Crippen molar-refractivity contribution in [1.29, 1.82) is 0 Å². The van der Waals surface area contributed by atoms with Crippen LogP contribution in [0.15, 0.2) is 11.4 Å². The predicted octanol–water partition coefficient (Wildman–Crippen LogP) is 3.50. The van der Waals surface area contributed by atoms with Crippen molar-refractivity contribution in [3.05, 3.63) is 21.9 Å². The van der Waals surface area contributed by atoms with Crippen LogP contribution in [0.2, 0.25) is 0 Å². The van der Waals surface area contributed by atoms with Gasteiger partial charge in [-0.1, -0.05) is 20.8 Å². The van der Waals surface area contributed by atoms with E-state index < -0.39 is 5.97 Å². The van der Waals surface area contributed by atoms with Crippen LogP contribution >= 0.6 is 11.3 Å². The fourth-order valence-electron chi connectivity index (χ4n) is 1.99. The maximum atomic E-state index is 10.8. The molecule has 0 aliphatic heterocycles. The molecule has 96 valence electrons. The number of hydrogen-bond donors (Lipinski definition) is 2. The fraction of sp³-hybridized carbons (Fsp3) is 0.615. The van der Waals surface area contributed by atoms with Gasteiger partial charge in [-0.3, -0.25) is 0 Å². The molecule has 1 aromatic heterocycles. The molecule has 1 aromatic rings. The Morgan fingerprint density at radius 2 is 1.94 bits per heavy atom. The Labute approximate surface area is 107 Å². The summed E-state index contributed by atoms with van der Waals surface area (Å²) in [6.07, 6.45) is 3.28. The zero-order valence-electron chi connectivity index (χ0n) is 10.7. The van der Waals surface area contributed by atoms with Gasteiger partial charge in [-0.25, -0.2) is 4.79 Å². The summed E-state index contributed by atoms with van der Waals surface area (Å²) in [6.45, 7) is 7.33. The lowest BCUT2D eigenvalue weighted by molar-refractivity contribution is 0.0697. The zero-order chi connectivity index (χ0) is 12.9. The van der Waals surface area contributed by atoms with Gasteiger partial charge in [0.2, 0.25) is 0 Å². The van der Waals surface area contributed by atoms with Gasteiger partial charge in [0.15, 0.2) is 0 Å². The first-order valence-corrected chi connectivity index (χ1v) is 7.00. The molecule has 0 atom stereocenters. The molecule has 0 amide bonds. The molecule has 0 saturated carbocycles. The maximum Gasteiger partial charge on any atom is 0.336 e. The molecular weight excluding hydrogens is 234 g/mol. The van der Waals surface area contributed by atoms with Crippen molar-refractivity contribution in [2.45, 2.75) is 52.1 Å². The lowest BCUT2D eigenvalue weighted by atomic mass is 9.90. The standard InChI is InChI=1S/C13H21NO2S/c1-4-13(5-2,6-3)14-8-11-7-10(9-17-11)12(15)16/h7,9,14H,4-6,8H2,1-3H3,(H,15,16). The lowest BCUT2D eigenvalue weighted by Gasteiger charge is -2.31. The number of carboxylic acid groups (broad SMARTS) is 1. The highest BCUT2D eigenvalue weighted by atomic mass is 32.1. The Balaban J connectivity index is 2.62. The highest BCUT2D eigenvalue weighted by molar-refractivity contribution is 7.10. The van der Waals surface area contributed by atoms with E-state index in [0.717, 1.165) is 30.7 Å². The van der Waals surface area contributed by atoms with Crippen molar-refractivity contribution in [2.75, 3.05) is 0 Å². The molecule has 0 unspecified atom stereocenters. The number of rotatable bonds is 7. The van der Waals surface area contributed by atoms with Crippen molar-refractivity contribution < 1.29 is 9.90 Å². The second-order valence-corrected chi connectivity index (χ2v) is 5.30. The molecule has 0 aromatic carbocycles. The SMILES string of the molecule is CCC(CC)(CC)NCc1cc(C(=O)O)cs1. The van der Waals surface area contributed by atoms with Gasteiger partial charge in [-0.05, 0) is 25.3 Å². The summed E-state index contributed by atoms with van der Waals surface area (Å²) in [5, 5.41) is 14.1. The van der Waals surface area contributed by atoms with Crippen LogP contribution in [-0.4, -0.2) is 16.6 Å². The number of thiophene rings is 1. The van der Waals surface area contributed by atoms with E-state index in [1.165, 1.54) is 11.3 Å². The molecule has 17 heavy (non-hydrogen) atoms. The molecule has 1 heterocycles. The van der Waals surface area contributed by atoms with Crippen LogP contribution in [-0.2, 0) is 6.54 Å². The van der Waals surface area contributed by atoms with Crippen molar-refractivity contribution >= 4 is 17.3 Å². The summed E-state index contributed by atoms with van der Waals surface area (Å²) in [5.74, 6) is -0.847. The molecular formula is C13H21NO2S. The number of nitrogens with one attached hydrogen (secondary N) is 1. The largest absolute Gasteiger partial charge is 0.478 e. The number of hydrogen-bond acceptors (Lipinski definition) is 3. The predicted molar refractivity (Wildman–Crippen MR) is 71.7 cm³/mol. The molecule has 0 spiro atoms. The van der Waals surface area contributed by atoms with Crippen molar-refractivity contribution in [3.8, 4) is 0 Å². The third-order valence-electron chi connectivity index (χ3n) is 3.57. The third kappa shape index (κ3) is 3.54. The highest BCUT2D eigenvalue weighted by Crippen LogP contribution is 2.21. The minimum Gasteiger partial charge on any atom is -0.478 e. The van der Waals surface area contributed by atoms with Crippen molar-refractivity contribution in [1.82, 2.24) is 5.32 Å². The number of aromatic carboxylic acids is 1. The maximum absolute atomic E-state index is 10.8. The quantitative estimate of drug-likeness (QED) is 0.784. The topological polar surface area (TPSA) is 49.3 Å². The fourth-order valence-corrected chi connectivity index (χ4v) is 2.78. The second-order valence-electron chi connectivity index (χ2n) is 4.30. The summed E-state index contributed by atoms with van der Waals surface area (Å²) in [4.78, 5) is 11.9. The van der Waals surface area contributed by atoms with Gasteiger partial charge in [0, 0.05) is 22.3 Å². The Morgan fingerprint density at radius 1 is 1.35 bits per heavy atom. The van der Waals surface area contributed by atoms with Crippen LogP contribution in [0.25, 0.3) is 0 Å². The second kappa shape index (κ2) is 6.17. The molecule has 0 fully saturated rings. The van der Waals surface area contributed by atoms with E-state index >= 15 is 0 Å². The summed E-state index contributed by atoms with van der Waals surface area (Å²) >= 11 is 1.51. The monoisotopic (exact) mass is 255 g/mol. The minimum atomic E-state index is -0.847. The highest BCUT2D eigenvalue weighted by Gasteiger charge is 2.22. The number of carbonyl (C=O) groups is 1. The van der Waals surface area contributed by atoms with E-state index in [-0.39, 0.29) is 5.54 Å². The van der Waals surface area contributed by atoms with Gasteiger partial charge >= 0.3 is 5.97 Å². The summed E-state index contributed by atoms with van der Waals surface area (Å²) < 4.78 is 0. The van der Waals surface area contributed by atoms with Crippen LogP contribution in [0, 0.1) is 0 Å². The molecule has 2 N–H and O–H groups in total. The van der Waals surface area contributed by atoms with E-state index in [4.69, 9.17) is 5.11 Å². The zero-order valence-corrected chi connectivity index (χ0v) is 11.6. The number of carboxylic acids is 1. The lowest BCUT2D eigenvalue weighted by Crippen LogP contribution is -2.42. The molecule has 4 heteroatoms. The Hall–Kier alpha value is -0.870. The van der Waals surface area contributed by atoms with Gasteiger partial charge in [0.05, 0.1) is 5.56 Å². The van der Waals surface area contributed by atoms with Crippen LogP contribution in [0.5, 0.6) is 0 Å². The van der Waals surface area contributed by atoms with Crippen LogP contribution in [0.1, 0.15) is 55.3 Å². The van der Waals surface area contributed by atoms with Gasteiger partial charge in [-0.2, -0.15) is 0 Å². The first kappa shape index (κ1) is 14.2. The molecule has 0 aliphatic rings. The Morgan fingerprint density at radius 3 is 2.35 bits per heavy atom. The van der Waals surface area contributed by atoms with Gasteiger partial charge < -0.3 is 10.4 Å². The van der Waals surface area contributed by atoms with Crippen molar-refractivity contribution in [3.63, 3.8) is 0 Å². The van der Waals surface area contributed by atoms with E-state index in [9.17, 15) is 4.79 Å². The van der Waals surface area contributed by atoms with Gasteiger partial charge in [0.1, 0.15) is 0 Å². The summed E-state index contributed by atoms with van der Waals surface area (Å²) in [6, 6.07) is 1.76. The van der Waals surface area contributed by atoms with E-state index in [1.54, 1.807) is 11.4 Å². The molecule has 0 radical (unpaired) electrons. The summed E-state index contributed by atoms with van der Waals surface area (Å²) in [5.41, 5.74) is 0.579. The minimum absolute atomic E-state index is 0.188. The van der Waals surface area contributed by atoms with Crippen LogP contribution in [0.3, 0.4) is 0 Å². The molecule has 0 bridgehead atoms. The smallest absolute Gasteiger partial charge is 0.336 e. The van der Waals surface area contributed by atoms with E-state index in [1.807, 2.05) is 0 Å². The van der Waals surface area contributed by atoms with E-state index in [2.05, 4.69) is 26.1 Å². The molecule has 3 nitrogen and oxygen atoms in total. The van der Waals surface area contributed by atoms with E-state index in [0.29, 0.717) is 5.56 Å². The average molecular weight is 255 g/mol. The Bertz CT molecular complexity index is 361. The van der Waals surface area contributed by atoms with Gasteiger partial charge in [0.25, 0.3) is 0 Å². The van der Waals surface area contributed by atoms with Crippen LogP contribution < -0.4 is 5.32 Å².